The summed E-state index contributed by atoms with van der Waals surface area (Å²) < 4.78 is 0. The average molecular weight is 181 g/mol. The van der Waals surface area contributed by atoms with Crippen molar-refractivity contribution >= 4 is 5.91 Å². The lowest BCUT2D eigenvalue weighted by Crippen LogP contribution is -2.34. The van der Waals surface area contributed by atoms with E-state index in [1.54, 1.807) is 0 Å². The Balaban J connectivity index is 1.88. The van der Waals surface area contributed by atoms with Crippen LogP contribution >= 0.6 is 0 Å². The van der Waals surface area contributed by atoms with Crippen LogP contribution < -0.4 is 5.32 Å². The molecular formula is C10H15NO2. The monoisotopic (exact) mass is 181 g/mol. The molecule has 2 N–H and O–H groups in total. The molecule has 0 spiro atoms. The second-order valence-corrected chi connectivity index (χ2v) is 3.90. The van der Waals surface area contributed by atoms with Crippen molar-refractivity contribution in [3.05, 3.63) is 12.2 Å². The molecule has 1 fully saturated rings. The number of amides is 1. The number of carbonyl (C=O) groups excluding carboxylic acids is 1. The van der Waals surface area contributed by atoms with E-state index in [0.29, 0.717) is 18.4 Å². The Hall–Kier alpha value is -0.830. The number of nitrogens with one attached hydrogen (secondary N) is 1. The third-order valence-corrected chi connectivity index (χ3v) is 3.03. The molecule has 3 atom stereocenters. The molecule has 2 rings (SSSR count). The topological polar surface area (TPSA) is 49.3 Å². The van der Waals surface area contributed by atoms with Crippen molar-refractivity contribution in [2.45, 2.75) is 12.8 Å². The van der Waals surface area contributed by atoms with Gasteiger partial charge in [0.2, 0.25) is 5.91 Å². The number of rotatable bonds is 3. The van der Waals surface area contributed by atoms with Gasteiger partial charge in [-0.25, -0.2) is 0 Å². The first-order valence-corrected chi connectivity index (χ1v) is 4.88. The first-order chi connectivity index (χ1) is 6.31. The maximum Gasteiger partial charge on any atom is 0.223 e. The van der Waals surface area contributed by atoms with Crippen LogP contribution in [0.1, 0.15) is 12.8 Å². The first kappa shape index (κ1) is 8.75. The predicted molar refractivity (Wildman–Crippen MR) is 48.9 cm³/mol. The van der Waals surface area contributed by atoms with Gasteiger partial charge in [-0.2, -0.15) is 0 Å². The zero-order chi connectivity index (χ0) is 9.26. The highest BCUT2D eigenvalue weighted by atomic mass is 16.3. The summed E-state index contributed by atoms with van der Waals surface area (Å²) in [7, 11) is 0. The van der Waals surface area contributed by atoms with Crippen LogP contribution in [0.3, 0.4) is 0 Å². The number of aliphatic hydroxyl groups excluding tert-OH is 1. The lowest BCUT2D eigenvalue weighted by atomic mass is 9.93. The van der Waals surface area contributed by atoms with Crippen LogP contribution in [0, 0.1) is 17.8 Å². The van der Waals surface area contributed by atoms with Crippen LogP contribution in [-0.2, 0) is 4.79 Å². The Labute approximate surface area is 77.8 Å². The van der Waals surface area contributed by atoms with Gasteiger partial charge in [-0.05, 0) is 24.7 Å². The van der Waals surface area contributed by atoms with E-state index in [2.05, 4.69) is 17.5 Å². The van der Waals surface area contributed by atoms with Crippen LogP contribution in [0.15, 0.2) is 12.2 Å². The summed E-state index contributed by atoms with van der Waals surface area (Å²) >= 11 is 0. The van der Waals surface area contributed by atoms with Crippen molar-refractivity contribution in [1.29, 1.82) is 0 Å². The molecule has 3 nitrogen and oxygen atoms in total. The fourth-order valence-corrected chi connectivity index (χ4v) is 2.39. The second-order valence-electron chi connectivity index (χ2n) is 3.90. The predicted octanol–water partition coefficient (Wildman–Crippen LogP) is 0.307. The fourth-order valence-electron chi connectivity index (χ4n) is 2.39. The van der Waals surface area contributed by atoms with Gasteiger partial charge in [-0.3, -0.25) is 4.79 Å². The van der Waals surface area contributed by atoms with Crippen molar-refractivity contribution in [2.24, 2.45) is 17.8 Å². The molecule has 1 amide bonds. The molecule has 13 heavy (non-hydrogen) atoms. The lowest BCUT2D eigenvalue weighted by Gasteiger charge is -2.16. The molecule has 1 unspecified atom stereocenters. The van der Waals surface area contributed by atoms with Gasteiger partial charge < -0.3 is 10.4 Å². The third kappa shape index (κ3) is 1.61. The van der Waals surface area contributed by atoms with Gasteiger partial charge in [0, 0.05) is 12.5 Å². The maximum atomic E-state index is 11.5. The van der Waals surface area contributed by atoms with Gasteiger partial charge >= 0.3 is 0 Å². The lowest BCUT2D eigenvalue weighted by molar-refractivity contribution is -0.125. The van der Waals surface area contributed by atoms with Crippen LogP contribution in [0.2, 0.25) is 0 Å². The summed E-state index contributed by atoms with van der Waals surface area (Å²) in [5.41, 5.74) is 0. The number of aliphatic hydroxyl groups is 1. The standard InChI is InChI=1S/C10H15NO2/c12-4-3-11-10(13)9-6-7-1-2-8(9)5-7/h1-2,7-9,12H,3-6H2,(H,11,13)/t7-,8+,9?/m1/s1. The van der Waals surface area contributed by atoms with Gasteiger partial charge in [0.1, 0.15) is 0 Å². The highest BCUT2D eigenvalue weighted by Gasteiger charge is 2.39. The molecule has 0 heterocycles. The summed E-state index contributed by atoms with van der Waals surface area (Å²) in [6, 6.07) is 0. The van der Waals surface area contributed by atoms with Crippen LogP contribution in [0.5, 0.6) is 0 Å². The maximum absolute atomic E-state index is 11.5. The minimum absolute atomic E-state index is 0.0302. The first-order valence-electron chi connectivity index (χ1n) is 4.88. The smallest absolute Gasteiger partial charge is 0.223 e. The Morgan fingerprint density at radius 3 is 2.85 bits per heavy atom. The third-order valence-electron chi connectivity index (χ3n) is 3.03. The van der Waals surface area contributed by atoms with Gasteiger partial charge in [0.15, 0.2) is 0 Å². The Kier molecular flexibility index (Phi) is 2.36. The number of fused-ring (bicyclic) bond motifs is 2. The fraction of sp³-hybridized carbons (Fsp3) is 0.700. The van der Waals surface area contributed by atoms with E-state index >= 15 is 0 Å². The number of allylic oxidation sites excluding steroid dienone is 2. The number of hydrogen-bond acceptors (Lipinski definition) is 2. The van der Waals surface area contributed by atoms with Crippen molar-refractivity contribution in [2.75, 3.05) is 13.2 Å². The minimum Gasteiger partial charge on any atom is -0.395 e. The summed E-state index contributed by atoms with van der Waals surface area (Å²) in [6.07, 6.45) is 6.54. The summed E-state index contributed by atoms with van der Waals surface area (Å²) in [5.74, 6) is 1.38. The molecule has 0 aromatic carbocycles. The molecule has 0 aliphatic heterocycles. The Morgan fingerprint density at radius 1 is 1.46 bits per heavy atom. The van der Waals surface area contributed by atoms with Gasteiger partial charge in [0.25, 0.3) is 0 Å². The summed E-state index contributed by atoms with van der Waals surface area (Å²) in [6.45, 7) is 0.416. The number of hydrogen-bond donors (Lipinski definition) is 2. The van der Waals surface area contributed by atoms with Gasteiger partial charge in [0.05, 0.1) is 6.61 Å². The highest BCUT2D eigenvalue weighted by Crippen LogP contribution is 2.43. The van der Waals surface area contributed by atoms with E-state index < -0.39 is 0 Å². The van der Waals surface area contributed by atoms with Crippen molar-refractivity contribution in [1.82, 2.24) is 5.32 Å². The molecule has 2 aliphatic rings. The highest BCUT2D eigenvalue weighted by molar-refractivity contribution is 5.79. The molecule has 72 valence electrons. The zero-order valence-electron chi connectivity index (χ0n) is 7.57. The van der Waals surface area contributed by atoms with Crippen molar-refractivity contribution < 1.29 is 9.90 Å². The largest absolute Gasteiger partial charge is 0.395 e. The molecule has 1 saturated carbocycles. The Bertz CT molecular complexity index is 237. The molecule has 2 bridgehead atoms. The Morgan fingerprint density at radius 2 is 2.31 bits per heavy atom. The van der Waals surface area contributed by atoms with E-state index in [1.165, 1.54) is 0 Å². The molecule has 2 aliphatic carbocycles. The molecular weight excluding hydrogens is 166 g/mol. The normalized spacial score (nSPS) is 35.3. The van der Waals surface area contributed by atoms with E-state index in [0.717, 1.165) is 12.8 Å². The average Bonchev–Trinajstić information content (AvgIpc) is 2.74. The van der Waals surface area contributed by atoms with Crippen molar-refractivity contribution in [3.8, 4) is 0 Å². The van der Waals surface area contributed by atoms with Crippen LogP contribution in [0.25, 0.3) is 0 Å². The quantitative estimate of drug-likeness (QED) is 0.615. The number of carbonyl (C=O) groups is 1. The molecule has 3 heteroatoms. The van der Waals surface area contributed by atoms with Crippen molar-refractivity contribution in [3.63, 3.8) is 0 Å². The van der Waals surface area contributed by atoms with Gasteiger partial charge in [-0.15, -0.1) is 0 Å². The summed E-state index contributed by atoms with van der Waals surface area (Å²) in [4.78, 5) is 11.5. The molecule has 0 aromatic rings. The molecule has 0 aromatic heterocycles. The molecule has 0 radical (unpaired) electrons. The summed E-state index contributed by atoms with van der Waals surface area (Å²) in [5, 5.41) is 11.3. The minimum atomic E-state index is 0.0302. The van der Waals surface area contributed by atoms with Crippen LogP contribution in [0.4, 0.5) is 0 Å². The van der Waals surface area contributed by atoms with E-state index in [-0.39, 0.29) is 18.4 Å². The van der Waals surface area contributed by atoms with E-state index in [9.17, 15) is 4.79 Å². The SMILES string of the molecule is O=C(NCCO)C1C[C@@H]2C=C[C@H]1C2. The molecule has 0 saturated heterocycles. The zero-order valence-corrected chi connectivity index (χ0v) is 7.57. The van der Waals surface area contributed by atoms with E-state index in [1.807, 2.05) is 0 Å². The van der Waals surface area contributed by atoms with Gasteiger partial charge in [-0.1, -0.05) is 12.2 Å². The van der Waals surface area contributed by atoms with Crippen LogP contribution in [-0.4, -0.2) is 24.2 Å². The van der Waals surface area contributed by atoms with E-state index in [4.69, 9.17) is 5.11 Å². The second kappa shape index (κ2) is 3.50.